The number of aliphatic carboxylic acids is 1. The molecular formula is C24H24ClN3O6. The Morgan fingerprint density at radius 1 is 1.03 bits per heavy atom. The lowest BCUT2D eigenvalue weighted by atomic mass is 10.1. The number of amides is 1. The maximum Gasteiger partial charge on any atom is 0.407 e. The number of carbonyl (C=O) groups is 3. The maximum absolute atomic E-state index is 11.8. The van der Waals surface area contributed by atoms with Crippen molar-refractivity contribution < 1.29 is 29.3 Å². The number of nitrogens with one attached hydrogen (secondary N) is 2. The first kappa shape index (κ1) is 24.8. The van der Waals surface area contributed by atoms with E-state index >= 15 is 0 Å². The molecule has 0 saturated carbocycles. The summed E-state index contributed by atoms with van der Waals surface area (Å²) in [6.07, 6.45) is 0.633. The molecule has 3 rings (SSSR count). The fraction of sp³-hybridized carbons (Fsp3) is 0.250. The monoisotopic (exact) mass is 485 g/mol. The Morgan fingerprint density at radius 2 is 1.79 bits per heavy atom. The van der Waals surface area contributed by atoms with Crippen molar-refractivity contribution in [3.8, 4) is 0 Å². The molecule has 0 saturated heterocycles. The molecule has 0 fully saturated rings. The number of hydrogen-bond acceptors (Lipinski definition) is 6. The van der Waals surface area contributed by atoms with Gasteiger partial charge >= 0.3 is 18.0 Å². The van der Waals surface area contributed by atoms with E-state index < -0.39 is 24.1 Å². The molecule has 1 atom stereocenters. The van der Waals surface area contributed by atoms with Crippen LogP contribution in [0.4, 0.5) is 10.6 Å². The fourth-order valence-corrected chi connectivity index (χ4v) is 3.46. The van der Waals surface area contributed by atoms with Gasteiger partial charge in [-0.25, -0.2) is 19.4 Å². The Kier molecular flexibility index (Phi) is 8.64. The normalized spacial score (nSPS) is 11.6. The van der Waals surface area contributed by atoms with Crippen molar-refractivity contribution in [1.29, 1.82) is 0 Å². The summed E-state index contributed by atoms with van der Waals surface area (Å²) < 4.78 is 5.12. The van der Waals surface area contributed by atoms with Crippen LogP contribution in [-0.2, 0) is 16.1 Å². The number of carbonyl (C=O) groups excluding carboxylic acids is 1. The van der Waals surface area contributed by atoms with E-state index in [1.54, 1.807) is 18.2 Å². The molecule has 2 aromatic carbocycles. The third kappa shape index (κ3) is 7.08. The van der Waals surface area contributed by atoms with Gasteiger partial charge in [-0.2, -0.15) is 0 Å². The van der Waals surface area contributed by atoms with Crippen molar-refractivity contribution in [1.82, 2.24) is 10.3 Å². The molecule has 1 aromatic heterocycles. The molecule has 0 unspecified atom stereocenters. The van der Waals surface area contributed by atoms with Gasteiger partial charge in [0.1, 0.15) is 24.0 Å². The van der Waals surface area contributed by atoms with Gasteiger partial charge in [-0.05, 0) is 49.1 Å². The summed E-state index contributed by atoms with van der Waals surface area (Å²) in [7, 11) is 0. The smallest absolute Gasteiger partial charge is 0.407 e. The van der Waals surface area contributed by atoms with Crippen molar-refractivity contribution in [2.45, 2.75) is 31.9 Å². The number of aromatic carboxylic acids is 1. The topological polar surface area (TPSA) is 138 Å². The highest BCUT2D eigenvalue weighted by molar-refractivity contribution is 6.31. The number of nitrogens with zero attached hydrogens (tertiary/aromatic N) is 1. The highest BCUT2D eigenvalue weighted by Crippen LogP contribution is 2.24. The standard InChI is InChI=1S/C24H24ClN3O6/c25-17-9-10-19-16(12-17)13-18(22(29)30)21(27-19)28-20(23(31)32)8-4-5-11-26-24(33)34-14-15-6-2-1-3-7-15/h1-3,6-7,9-10,12-13,20H,4-5,8,11,14H2,(H,26,33)(H,27,28)(H,29,30)(H,31,32)/t20-/m0/s1. The van der Waals surface area contributed by atoms with Crippen LogP contribution in [0.3, 0.4) is 0 Å². The van der Waals surface area contributed by atoms with Crippen molar-refractivity contribution in [3.63, 3.8) is 0 Å². The van der Waals surface area contributed by atoms with E-state index in [0.29, 0.717) is 35.3 Å². The minimum absolute atomic E-state index is 0.0302. The zero-order valence-corrected chi connectivity index (χ0v) is 18.9. The van der Waals surface area contributed by atoms with Crippen molar-refractivity contribution in [2.75, 3.05) is 11.9 Å². The van der Waals surface area contributed by atoms with Crippen LogP contribution in [0, 0.1) is 0 Å². The maximum atomic E-state index is 11.8. The highest BCUT2D eigenvalue weighted by atomic mass is 35.5. The Balaban J connectivity index is 1.52. The van der Waals surface area contributed by atoms with E-state index in [2.05, 4.69) is 15.6 Å². The molecule has 178 valence electrons. The molecule has 9 nitrogen and oxygen atoms in total. The van der Waals surface area contributed by atoms with Gasteiger partial charge in [0, 0.05) is 17.0 Å². The number of unbranched alkanes of at least 4 members (excludes halogenated alkanes) is 1. The molecule has 0 aliphatic carbocycles. The number of aromatic nitrogens is 1. The summed E-state index contributed by atoms with van der Waals surface area (Å²) in [5.74, 6) is -2.40. The number of pyridine rings is 1. The van der Waals surface area contributed by atoms with Crippen LogP contribution >= 0.6 is 11.6 Å². The first-order valence-corrected chi connectivity index (χ1v) is 11.0. The third-order valence-electron chi connectivity index (χ3n) is 5.02. The Morgan fingerprint density at radius 3 is 2.50 bits per heavy atom. The summed E-state index contributed by atoms with van der Waals surface area (Å²) in [6.45, 7) is 0.476. The summed E-state index contributed by atoms with van der Waals surface area (Å²) in [5, 5.41) is 25.5. The van der Waals surface area contributed by atoms with Gasteiger partial charge in [-0.3, -0.25) is 0 Å². The first-order valence-electron chi connectivity index (χ1n) is 10.6. The summed E-state index contributed by atoms with van der Waals surface area (Å²) in [6, 6.07) is 14.5. The van der Waals surface area contributed by atoms with E-state index in [9.17, 15) is 24.6 Å². The predicted molar refractivity (Wildman–Crippen MR) is 127 cm³/mol. The van der Waals surface area contributed by atoms with E-state index in [1.165, 1.54) is 6.07 Å². The summed E-state index contributed by atoms with van der Waals surface area (Å²) in [4.78, 5) is 39.5. The van der Waals surface area contributed by atoms with E-state index in [4.69, 9.17) is 16.3 Å². The van der Waals surface area contributed by atoms with Crippen LogP contribution in [0.2, 0.25) is 5.02 Å². The molecule has 4 N–H and O–H groups in total. The van der Waals surface area contributed by atoms with Gasteiger partial charge in [0.15, 0.2) is 0 Å². The minimum atomic E-state index is -1.24. The second kappa shape index (κ2) is 11.9. The number of carboxylic acids is 2. The molecule has 10 heteroatoms. The van der Waals surface area contributed by atoms with Crippen molar-refractivity contribution in [2.24, 2.45) is 0 Å². The van der Waals surface area contributed by atoms with Gasteiger partial charge in [0.2, 0.25) is 0 Å². The van der Waals surface area contributed by atoms with Crippen LogP contribution in [0.15, 0.2) is 54.6 Å². The van der Waals surface area contributed by atoms with Crippen LogP contribution in [0.5, 0.6) is 0 Å². The van der Waals surface area contributed by atoms with Gasteiger partial charge in [0.25, 0.3) is 0 Å². The molecule has 1 heterocycles. The molecule has 1 amide bonds. The lowest BCUT2D eigenvalue weighted by Crippen LogP contribution is -2.31. The second-order valence-electron chi connectivity index (χ2n) is 7.55. The zero-order valence-electron chi connectivity index (χ0n) is 18.2. The number of rotatable bonds is 11. The fourth-order valence-electron chi connectivity index (χ4n) is 3.28. The second-order valence-corrected chi connectivity index (χ2v) is 7.98. The molecule has 0 radical (unpaired) electrons. The molecule has 0 aliphatic rings. The molecule has 0 aliphatic heterocycles. The van der Waals surface area contributed by atoms with Crippen LogP contribution in [0.25, 0.3) is 10.9 Å². The average Bonchev–Trinajstić information content (AvgIpc) is 2.81. The SMILES string of the molecule is O=C(NCCCC[C@H](Nc1nc2ccc(Cl)cc2cc1C(=O)O)C(=O)O)OCc1ccccc1. The van der Waals surface area contributed by atoms with Crippen molar-refractivity contribution in [3.05, 3.63) is 70.7 Å². The number of ether oxygens (including phenoxy) is 1. The van der Waals surface area contributed by atoms with Gasteiger partial charge in [-0.1, -0.05) is 41.9 Å². The van der Waals surface area contributed by atoms with Gasteiger partial charge in [-0.15, -0.1) is 0 Å². The number of hydrogen-bond donors (Lipinski definition) is 4. The molecule has 0 bridgehead atoms. The minimum Gasteiger partial charge on any atom is -0.480 e. The number of benzene rings is 2. The Hall–Kier alpha value is -3.85. The number of halogens is 1. The number of anilines is 1. The number of alkyl carbamates (subject to hydrolysis) is 1. The highest BCUT2D eigenvalue weighted by Gasteiger charge is 2.22. The lowest BCUT2D eigenvalue weighted by Gasteiger charge is -2.17. The predicted octanol–water partition coefficient (Wildman–Crippen LogP) is 4.55. The summed E-state index contributed by atoms with van der Waals surface area (Å²) >= 11 is 5.96. The Bertz CT molecular complexity index is 1170. The average molecular weight is 486 g/mol. The summed E-state index contributed by atoms with van der Waals surface area (Å²) in [5.41, 5.74) is 1.21. The molecular weight excluding hydrogens is 462 g/mol. The van der Waals surface area contributed by atoms with Crippen LogP contribution < -0.4 is 10.6 Å². The van der Waals surface area contributed by atoms with E-state index in [1.807, 2.05) is 30.3 Å². The largest absolute Gasteiger partial charge is 0.480 e. The third-order valence-corrected chi connectivity index (χ3v) is 5.25. The van der Waals surface area contributed by atoms with Crippen molar-refractivity contribution >= 4 is 46.4 Å². The number of fused-ring (bicyclic) bond motifs is 1. The van der Waals surface area contributed by atoms with E-state index in [-0.39, 0.29) is 24.4 Å². The zero-order chi connectivity index (χ0) is 24.5. The van der Waals surface area contributed by atoms with Crippen LogP contribution in [-0.4, -0.2) is 45.8 Å². The molecule has 0 spiro atoms. The number of carboxylic acid groups (broad SMARTS) is 2. The molecule has 3 aromatic rings. The first-order chi connectivity index (χ1) is 16.3. The Labute approximate surface area is 200 Å². The quantitative estimate of drug-likeness (QED) is 0.290. The van der Waals surface area contributed by atoms with E-state index in [0.717, 1.165) is 5.56 Å². The van der Waals surface area contributed by atoms with Crippen LogP contribution in [0.1, 0.15) is 35.2 Å². The molecule has 34 heavy (non-hydrogen) atoms. The lowest BCUT2D eigenvalue weighted by molar-refractivity contribution is -0.138. The van der Waals surface area contributed by atoms with Gasteiger partial charge < -0.3 is 25.6 Å². The van der Waals surface area contributed by atoms with Gasteiger partial charge in [0.05, 0.1) is 5.52 Å².